The van der Waals surface area contributed by atoms with Crippen LogP contribution in [0.25, 0.3) is 5.70 Å². The van der Waals surface area contributed by atoms with E-state index in [1.165, 1.54) is 6.08 Å². The molecule has 0 saturated heterocycles. The maximum Gasteiger partial charge on any atom is 0.392 e. The van der Waals surface area contributed by atoms with Crippen molar-refractivity contribution in [2.24, 2.45) is 0 Å². The molecule has 192 valence electrons. The summed E-state index contributed by atoms with van der Waals surface area (Å²) in [6.45, 7) is 11.9. The summed E-state index contributed by atoms with van der Waals surface area (Å²) >= 11 is 0. The standard InChI is InChI=1S/C26H40F3N3O2/c1-6-9-14-24(34-25(4,5)21-33)15-10-11-17-31(8-3)19-22-18-30-32(20-22)23(7-2)13-12-16-26(27,28)29/h6-7,9-10,12-13,15,18,20,24,33H,8,11,14,16-17,19,21H2,1-5H3/b9-6+,13-12-,15-10+,23-7+. The topological polar surface area (TPSA) is 50.5 Å². The molecule has 0 aliphatic rings. The Kier molecular flexibility index (Phi) is 13.1. The molecule has 1 unspecified atom stereocenters. The van der Waals surface area contributed by atoms with Gasteiger partial charge in [-0.15, -0.1) is 0 Å². The van der Waals surface area contributed by atoms with E-state index >= 15 is 0 Å². The van der Waals surface area contributed by atoms with E-state index in [1.54, 1.807) is 23.9 Å². The van der Waals surface area contributed by atoms with Gasteiger partial charge < -0.3 is 9.84 Å². The predicted molar refractivity (Wildman–Crippen MR) is 132 cm³/mol. The van der Waals surface area contributed by atoms with Crippen LogP contribution in [0.2, 0.25) is 0 Å². The van der Waals surface area contributed by atoms with E-state index < -0.39 is 18.2 Å². The Morgan fingerprint density at radius 3 is 2.56 bits per heavy atom. The summed E-state index contributed by atoms with van der Waals surface area (Å²) in [5.41, 5.74) is 0.993. The molecule has 1 atom stereocenters. The van der Waals surface area contributed by atoms with Crippen LogP contribution in [0.3, 0.4) is 0 Å². The molecule has 0 radical (unpaired) electrons. The lowest BCUT2D eigenvalue weighted by molar-refractivity contribution is -0.125. The molecule has 0 aromatic carbocycles. The maximum absolute atomic E-state index is 12.4. The number of nitrogens with zero attached hydrogens (tertiary/aromatic N) is 3. The Hall–Kier alpha value is -2.16. The fourth-order valence-corrected chi connectivity index (χ4v) is 3.20. The Morgan fingerprint density at radius 1 is 1.24 bits per heavy atom. The molecule has 0 bridgehead atoms. The van der Waals surface area contributed by atoms with Crippen LogP contribution in [0.5, 0.6) is 0 Å². The van der Waals surface area contributed by atoms with Gasteiger partial charge in [0, 0.05) is 24.8 Å². The molecule has 1 rings (SSSR count). The number of aliphatic hydroxyl groups excluding tert-OH is 1. The van der Waals surface area contributed by atoms with Gasteiger partial charge in [-0.2, -0.15) is 18.3 Å². The zero-order chi connectivity index (χ0) is 25.6. The highest BCUT2D eigenvalue weighted by Gasteiger charge is 2.24. The summed E-state index contributed by atoms with van der Waals surface area (Å²) in [7, 11) is 0. The summed E-state index contributed by atoms with van der Waals surface area (Å²) in [5.74, 6) is 0. The molecule has 1 aromatic heterocycles. The second kappa shape index (κ2) is 15.0. The second-order valence-corrected chi connectivity index (χ2v) is 8.69. The molecular formula is C26H40F3N3O2. The Labute approximate surface area is 202 Å². The maximum atomic E-state index is 12.4. The first kappa shape index (κ1) is 29.9. The fraction of sp³-hybridized carbons (Fsp3) is 0.577. The lowest BCUT2D eigenvalue weighted by atomic mass is 10.1. The van der Waals surface area contributed by atoms with Crippen molar-refractivity contribution in [3.63, 3.8) is 0 Å². The lowest BCUT2D eigenvalue weighted by Crippen LogP contribution is -2.33. The molecule has 0 saturated carbocycles. The number of rotatable bonds is 15. The zero-order valence-corrected chi connectivity index (χ0v) is 21.1. The highest BCUT2D eigenvalue weighted by molar-refractivity contribution is 5.55. The van der Waals surface area contributed by atoms with Crippen molar-refractivity contribution in [1.82, 2.24) is 14.7 Å². The summed E-state index contributed by atoms with van der Waals surface area (Å²) < 4.78 is 44.8. The van der Waals surface area contributed by atoms with Crippen LogP contribution >= 0.6 is 0 Å². The van der Waals surface area contributed by atoms with Crippen LogP contribution in [-0.2, 0) is 11.3 Å². The minimum Gasteiger partial charge on any atom is -0.393 e. The molecule has 0 fully saturated rings. The van der Waals surface area contributed by atoms with E-state index in [-0.39, 0.29) is 12.7 Å². The number of aromatic nitrogens is 2. The SMILES string of the molecule is C/C=C/CC(/C=C/CCN(CC)Cc1cnn(C(/C=C\CC(F)(F)F)=C/C)c1)OC(C)(C)CO. The average molecular weight is 484 g/mol. The third-order valence-electron chi connectivity index (χ3n) is 5.11. The van der Waals surface area contributed by atoms with Crippen LogP contribution in [0.15, 0.2) is 54.9 Å². The molecule has 1 aromatic rings. The van der Waals surface area contributed by atoms with Gasteiger partial charge in [0.1, 0.15) is 0 Å². The first-order valence-electron chi connectivity index (χ1n) is 11.8. The van der Waals surface area contributed by atoms with E-state index in [0.717, 1.165) is 37.6 Å². The number of alkyl halides is 3. The van der Waals surface area contributed by atoms with Gasteiger partial charge in [-0.25, -0.2) is 4.68 Å². The van der Waals surface area contributed by atoms with Crippen molar-refractivity contribution < 1.29 is 23.0 Å². The third kappa shape index (κ3) is 12.3. The highest BCUT2D eigenvalue weighted by Crippen LogP contribution is 2.21. The predicted octanol–water partition coefficient (Wildman–Crippen LogP) is 6.14. The Balaban J connectivity index is 2.67. The molecule has 0 spiro atoms. The Morgan fingerprint density at radius 2 is 1.97 bits per heavy atom. The minimum atomic E-state index is -4.21. The van der Waals surface area contributed by atoms with Crippen LogP contribution in [0, 0.1) is 0 Å². The van der Waals surface area contributed by atoms with Gasteiger partial charge in [0.15, 0.2) is 0 Å². The largest absolute Gasteiger partial charge is 0.393 e. The number of aliphatic hydroxyl groups is 1. The summed E-state index contributed by atoms with van der Waals surface area (Å²) in [6.07, 6.45) is 12.4. The van der Waals surface area contributed by atoms with E-state index in [1.807, 2.05) is 33.0 Å². The van der Waals surface area contributed by atoms with Crippen LogP contribution in [0.1, 0.15) is 59.4 Å². The monoisotopic (exact) mass is 483 g/mol. The number of halogens is 3. The molecule has 0 aliphatic carbocycles. The van der Waals surface area contributed by atoms with Gasteiger partial charge >= 0.3 is 6.18 Å². The van der Waals surface area contributed by atoms with Crippen LogP contribution < -0.4 is 0 Å². The number of hydrogen-bond acceptors (Lipinski definition) is 4. The van der Waals surface area contributed by atoms with E-state index in [9.17, 15) is 18.3 Å². The lowest BCUT2D eigenvalue weighted by Gasteiger charge is -2.27. The normalized spacial score (nSPS) is 14.9. The molecule has 5 nitrogen and oxygen atoms in total. The second-order valence-electron chi connectivity index (χ2n) is 8.69. The van der Waals surface area contributed by atoms with Gasteiger partial charge in [-0.1, -0.05) is 43.4 Å². The van der Waals surface area contributed by atoms with Gasteiger partial charge in [-0.3, -0.25) is 4.90 Å². The number of ether oxygens (including phenoxy) is 1. The highest BCUT2D eigenvalue weighted by atomic mass is 19.4. The molecule has 34 heavy (non-hydrogen) atoms. The van der Waals surface area contributed by atoms with Gasteiger partial charge in [0.05, 0.1) is 36.6 Å². The summed E-state index contributed by atoms with van der Waals surface area (Å²) in [6, 6.07) is 0. The van der Waals surface area contributed by atoms with Crippen molar-refractivity contribution >= 4 is 5.70 Å². The van der Waals surface area contributed by atoms with E-state index in [0.29, 0.717) is 12.2 Å². The van der Waals surface area contributed by atoms with Crippen molar-refractivity contribution in [1.29, 1.82) is 0 Å². The molecule has 8 heteroatoms. The zero-order valence-electron chi connectivity index (χ0n) is 21.1. The molecular weight excluding hydrogens is 443 g/mol. The van der Waals surface area contributed by atoms with Crippen LogP contribution in [-0.4, -0.2) is 57.4 Å². The first-order valence-corrected chi connectivity index (χ1v) is 11.8. The third-order valence-corrected chi connectivity index (χ3v) is 5.11. The molecule has 0 amide bonds. The molecule has 1 N–H and O–H groups in total. The number of hydrogen-bond donors (Lipinski definition) is 1. The van der Waals surface area contributed by atoms with Crippen molar-refractivity contribution in [3.05, 3.63) is 60.5 Å². The fourth-order valence-electron chi connectivity index (χ4n) is 3.20. The Bertz CT molecular complexity index is 824. The van der Waals surface area contributed by atoms with E-state index in [4.69, 9.17) is 4.74 Å². The quantitative estimate of drug-likeness (QED) is 0.240. The van der Waals surface area contributed by atoms with Crippen molar-refractivity contribution in [2.75, 3.05) is 19.7 Å². The van der Waals surface area contributed by atoms with Gasteiger partial charge in [0.25, 0.3) is 0 Å². The first-order chi connectivity index (χ1) is 16.0. The molecule has 1 heterocycles. The van der Waals surface area contributed by atoms with Crippen LogP contribution in [0.4, 0.5) is 13.2 Å². The van der Waals surface area contributed by atoms with Crippen molar-refractivity contribution in [2.45, 2.75) is 78.3 Å². The summed E-state index contributed by atoms with van der Waals surface area (Å²) in [4.78, 5) is 2.28. The van der Waals surface area contributed by atoms with E-state index in [2.05, 4.69) is 35.2 Å². The summed E-state index contributed by atoms with van der Waals surface area (Å²) in [5, 5.41) is 13.8. The smallest absolute Gasteiger partial charge is 0.392 e. The minimum absolute atomic E-state index is 0.0441. The average Bonchev–Trinajstić information content (AvgIpc) is 3.24. The molecule has 0 aliphatic heterocycles. The van der Waals surface area contributed by atoms with Gasteiger partial charge in [-0.05, 0) is 53.2 Å². The number of allylic oxidation sites excluding steroid dienone is 5. The van der Waals surface area contributed by atoms with Crippen molar-refractivity contribution in [3.8, 4) is 0 Å². The van der Waals surface area contributed by atoms with Gasteiger partial charge in [0.2, 0.25) is 0 Å².